The maximum absolute atomic E-state index is 13.2. The minimum atomic E-state index is -3.80. The first-order valence-corrected chi connectivity index (χ1v) is 9.62. The molecule has 4 nitrogen and oxygen atoms in total. The van der Waals surface area contributed by atoms with Crippen molar-refractivity contribution in [2.75, 3.05) is 12.8 Å². The van der Waals surface area contributed by atoms with Crippen molar-refractivity contribution >= 4 is 21.8 Å². The van der Waals surface area contributed by atoms with E-state index in [1.165, 1.54) is 19.1 Å². The minimum absolute atomic E-state index is 0.0265. The first-order chi connectivity index (χ1) is 10.8. The number of hydrogen-bond acceptors (Lipinski definition) is 4. The van der Waals surface area contributed by atoms with E-state index in [1.807, 2.05) is 18.4 Å². The summed E-state index contributed by atoms with van der Waals surface area (Å²) in [5.74, 6) is -0.460. The van der Waals surface area contributed by atoms with Gasteiger partial charge in [-0.2, -0.15) is 0 Å². The smallest absolute Gasteiger partial charge is 0.240 e. The van der Waals surface area contributed by atoms with Gasteiger partial charge >= 0.3 is 0 Å². The Morgan fingerprint density at radius 1 is 1.22 bits per heavy atom. The van der Waals surface area contributed by atoms with Crippen LogP contribution < -0.4 is 4.72 Å². The molecule has 7 heteroatoms. The zero-order valence-corrected chi connectivity index (χ0v) is 14.4. The summed E-state index contributed by atoms with van der Waals surface area (Å²) in [7, 11) is -3.80. The van der Waals surface area contributed by atoms with E-state index in [4.69, 9.17) is 0 Å². The fraction of sp³-hybridized carbons (Fsp3) is 0.250. The highest BCUT2D eigenvalue weighted by Crippen LogP contribution is 2.19. The number of aryl methyl sites for hydroxylation is 1. The van der Waals surface area contributed by atoms with E-state index in [-0.39, 0.29) is 17.0 Å². The van der Waals surface area contributed by atoms with Gasteiger partial charge in [0.1, 0.15) is 5.82 Å². The molecule has 2 rings (SSSR count). The SMILES string of the molecule is CSc1ccc([C@H](O)CNS(=O)(=O)c2ccc(F)c(C)c2)cc1. The lowest BCUT2D eigenvalue weighted by molar-refractivity contribution is 0.182. The van der Waals surface area contributed by atoms with Crippen LogP contribution in [0.1, 0.15) is 17.2 Å². The third-order valence-corrected chi connectivity index (χ3v) is 5.57. The molecule has 0 radical (unpaired) electrons. The van der Waals surface area contributed by atoms with E-state index in [0.717, 1.165) is 11.0 Å². The van der Waals surface area contributed by atoms with Gasteiger partial charge in [-0.1, -0.05) is 12.1 Å². The number of halogens is 1. The molecule has 0 heterocycles. The van der Waals surface area contributed by atoms with E-state index in [0.29, 0.717) is 5.56 Å². The maximum Gasteiger partial charge on any atom is 0.240 e. The molecule has 0 unspecified atom stereocenters. The van der Waals surface area contributed by atoms with Crippen LogP contribution in [0.3, 0.4) is 0 Å². The zero-order valence-electron chi connectivity index (χ0n) is 12.8. The fourth-order valence-electron chi connectivity index (χ4n) is 2.00. The molecule has 0 amide bonds. The summed E-state index contributed by atoms with van der Waals surface area (Å²) in [6.07, 6.45) is 0.992. The summed E-state index contributed by atoms with van der Waals surface area (Å²) in [6, 6.07) is 10.8. The third kappa shape index (κ3) is 4.54. The number of hydrogen-bond donors (Lipinski definition) is 2. The molecule has 124 valence electrons. The molecule has 2 aromatic rings. The van der Waals surface area contributed by atoms with Crippen molar-refractivity contribution in [1.29, 1.82) is 0 Å². The second-order valence-electron chi connectivity index (χ2n) is 5.05. The Balaban J connectivity index is 2.06. The van der Waals surface area contributed by atoms with Crippen LogP contribution in [-0.2, 0) is 10.0 Å². The van der Waals surface area contributed by atoms with Gasteiger partial charge in [-0.3, -0.25) is 0 Å². The van der Waals surface area contributed by atoms with Crippen molar-refractivity contribution in [2.24, 2.45) is 0 Å². The van der Waals surface area contributed by atoms with Crippen molar-refractivity contribution < 1.29 is 17.9 Å². The molecule has 0 aliphatic carbocycles. The van der Waals surface area contributed by atoms with Gasteiger partial charge in [0.15, 0.2) is 0 Å². The van der Waals surface area contributed by atoms with Gasteiger partial charge in [0, 0.05) is 11.4 Å². The lowest BCUT2D eigenvalue weighted by atomic mass is 10.1. The molecule has 0 fully saturated rings. The van der Waals surface area contributed by atoms with Crippen LogP contribution in [0.4, 0.5) is 4.39 Å². The van der Waals surface area contributed by atoms with E-state index in [1.54, 1.807) is 23.9 Å². The Labute approximate surface area is 139 Å². The lowest BCUT2D eigenvalue weighted by Crippen LogP contribution is -2.28. The largest absolute Gasteiger partial charge is 0.387 e. The Kier molecular flexibility index (Phi) is 5.80. The van der Waals surface area contributed by atoms with Gasteiger partial charge in [0.2, 0.25) is 10.0 Å². The molecule has 0 saturated carbocycles. The summed E-state index contributed by atoms with van der Waals surface area (Å²) >= 11 is 1.58. The van der Waals surface area contributed by atoms with E-state index >= 15 is 0 Å². The summed E-state index contributed by atoms with van der Waals surface area (Å²) < 4.78 is 39.9. The van der Waals surface area contributed by atoms with Crippen molar-refractivity contribution in [3.05, 3.63) is 59.4 Å². The molecule has 0 aliphatic heterocycles. The number of nitrogens with one attached hydrogen (secondary N) is 1. The quantitative estimate of drug-likeness (QED) is 0.782. The van der Waals surface area contributed by atoms with E-state index in [2.05, 4.69) is 4.72 Å². The third-order valence-electron chi connectivity index (χ3n) is 3.41. The highest BCUT2D eigenvalue weighted by Gasteiger charge is 2.17. The van der Waals surface area contributed by atoms with Gasteiger partial charge < -0.3 is 5.11 Å². The van der Waals surface area contributed by atoms with Crippen molar-refractivity contribution in [1.82, 2.24) is 4.72 Å². The van der Waals surface area contributed by atoms with E-state index < -0.39 is 21.9 Å². The summed E-state index contributed by atoms with van der Waals surface area (Å²) in [4.78, 5) is 1.03. The number of rotatable bonds is 6. The van der Waals surface area contributed by atoms with Crippen LogP contribution in [0.5, 0.6) is 0 Å². The zero-order chi connectivity index (χ0) is 17.0. The molecular weight excluding hydrogens is 337 g/mol. The molecule has 0 aromatic heterocycles. The minimum Gasteiger partial charge on any atom is -0.387 e. The van der Waals surface area contributed by atoms with Crippen LogP contribution >= 0.6 is 11.8 Å². The number of aliphatic hydroxyl groups is 1. The van der Waals surface area contributed by atoms with Crippen LogP contribution in [-0.4, -0.2) is 26.3 Å². The van der Waals surface area contributed by atoms with Crippen molar-refractivity contribution in [2.45, 2.75) is 22.8 Å². The predicted molar refractivity (Wildman–Crippen MR) is 89.5 cm³/mol. The molecule has 1 atom stereocenters. The summed E-state index contributed by atoms with van der Waals surface area (Å²) in [6.45, 7) is 1.34. The monoisotopic (exact) mass is 355 g/mol. The van der Waals surface area contributed by atoms with Crippen molar-refractivity contribution in [3.8, 4) is 0 Å². The maximum atomic E-state index is 13.2. The Bertz CT molecular complexity index is 776. The van der Waals surface area contributed by atoms with Gasteiger partial charge in [0.25, 0.3) is 0 Å². The second kappa shape index (κ2) is 7.44. The first kappa shape index (κ1) is 17.9. The van der Waals surface area contributed by atoms with Crippen LogP contribution in [0.25, 0.3) is 0 Å². The topological polar surface area (TPSA) is 66.4 Å². The number of sulfonamides is 1. The highest BCUT2D eigenvalue weighted by molar-refractivity contribution is 7.98. The van der Waals surface area contributed by atoms with Gasteiger partial charge in [-0.25, -0.2) is 17.5 Å². The molecule has 0 spiro atoms. The Morgan fingerprint density at radius 3 is 2.43 bits per heavy atom. The summed E-state index contributed by atoms with van der Waals surface area (Å²) in [5.41, 5.74) is 0.877. The molecular formula is C16H18FNO3S2. The molecule has 2 N–H and O–H groups in total. The number of benzene rings is 2. The standard InChI is InChI=1S/C16H18FNO3S2/c1-11-9-14(7-8-15(11)17)23(20,21)18-10-16(19)12-3-5-13(22-2)6-4-12/h3-9,16,18-19H,10H2,1-2H3/t16-/m1/s1. The molecule has 0 saturated heterocycles. The van der Waals surface area contributed by atoms with Gasteiger partial charge in [-0.15, -0.1) is 11.8 Å². The average Bonchev–Trinajstić information content (AvgIpc) is 2.55. The van der Waals surface area contributed by atoms with Gasteiger partial charge in [-0.05, 0) is 54.6 Å². The fourth-order valence-corrected chi connectivity index (χ4v) is 3.53. The number of thioether (sulfide) groups is 1. The normalized spacial score (nSPS) is 13.0. The second-order valence-corrected chi connectivity index (χ2v) is 7.70. The molecule has 2 aromatic carbocycles. The van der Waals surface area contributed by atoms with E-state index in [9.17, 15) is 17.9 Å². The number of aliphatic hydroxyl groups excluding tert-OH is 1. The van der Waals surface area contributed by atoms with Crippen molar-refractivity contribution in [3.63, 3.8) is 0 Å². The molecule has 0 bridgehead atoms. The van der Waals surface area contributed by atoms with Crippen LogP contribution in [0, 0.1) is 12.7 Å². The van der Waals surface area contributed by atoms with Crippen LogP contribution in [0.15, 0.2) is 52.3 Å². The van der Waals surface area contributed by atoms with Crippen LogP contribution in [0.2, 0.25) is 0 Å². The first-order valence-electron chi connectivity index (χ1n) is 6.91. The lowest BCUT2D eigenvalue weighted by Gasteiger charge is -2.13. The Morgan fingerprint density at radius 2 is 1.87 bits per heavy atom. The Hall–Kier alpha value is -1.41. The predicted octanol–water partition coefficient (Wildman–Crippen LogP) is 2.87. The molecule has 0 aliphatic rings. The molecule has 23 heavy (non-hydrogen) atoms. The summed E-state index contributed by atoms with van der Waals surface area (Å²) in [5, 5.41) is 10.1. The average molecular weight is 355 g/mol. The van der Waals surface area contributed by atoms with Gasteiger partial charge in [0.05, 0.1) is 11.0 Å². The highest BCUT2D eigenvalue weighted by atomic mass is 32.2.